The monoisotopic (exact) mass is 164 g/mol. The van der Waals surface area contributed by atoms with E-state index < -0.39 is 0 Å². The van der Waals surface area contributed by atoms with Gasteiger partial charge in [-0.25, -0.2) is 0 Å². The Balaban J connectivity index is 2.82. The highest BCUT2D eigenvalue weighted by atomic mass is 16.1. The molecule has 0 amide bonds. The van der Waals surface area contributed by atoms with Crippen molar-refractivity contribution in [2.24, 2.45) is 0 Å². The topological polar surface area (TPSA) is 34.9 Å². The maximum Gasteiger partial charge on any atom is 0.145 e. The van der Waals surface area contributed by atoms with Crippen LogP contribution in [0.15, 0.2) is 18.0 Å². The summed E-state index contributed by atoms with van der Waals surface area (Å²) in [5.74, 6) is 0. The first-order chi connectivity index (χ1) is 5.76. The van der Waals surface area contributed by atoms with Crippen LogP contribution in [-0.2, 0) is 11.3 Å². The quantitative estimate of drug-likeness (QED) is 0.501. The summed E-state index contributed by atoms with van der Waals surface area (Å²) in [6.45, 7) is 4.65. The number of aldehydes is 1. The van der Waals surface area contributed by atoms with Crippen LogP contribution < -0.4 is 0 Å². The second-order valence-corrected chi connectivity index (χ2v) is 2.64. The lowest BCUT2D eigenvalue weighted by Crippen LogP contribution is -1.91. The molecule has 0 saturated heterocycles. The fraction of sp³-hybridized carbons (Fsp3) is 0.333. The van der Waals surface area contributed by atoms with Gasteiger partial charge in [-0.1, -0.05) is 0 Å². The average Bonchev–Trinajstić information content (AvgIpc) is 2.52. The van der Waals surface area contributed by atoms with Gasteiger partial charge in [0.2, 0.25) is 0 Å². The first-order valence-electron chi connectivity index (χ1n) is 3.92. The first kappa shape index (κ1) is 8.71. The molecule has 1 heterocycles. The van der Waals surface area contributed by atoms with Gasteiger partial charge in [-0.15, -0.1) is 0 Å². The number of hydrogen-bond acceptors (Lipinski definition) is 2. The molecule has 0 bridgehead atoms. The molecule has 0 radical (unpaired) electrons. The largest absolute Gasteiger partial charge is 0.298 e. The van der Waals surface area contributed by atoms with Crippen LogP contribution in [0.1, 0.15) is 19.4 Å². The van der Waals surface area contributed by atoms with Crippen molar-refractivity contribution in [1.82, 2.24) is 9.78 Å². The van der Waals surface area contributed by atoms with E-state index in [4.69, 9.17) is 0 Å². The highest BCUT2D eigenvalue weighted by Crippen LogP contribution is 2.03. The molecular formula is C9H12N2O. The average molecular weight is 164 g/mol. The van der Waals surface area contributed by atoms with Crippen LogP contribution in [0.4, 0.5) is 0 Å². The lowest BCUT2D eigenvalue weighted by Gasteiger charge is -1.89. The molecule has 0 aliphatic carbocycles. The Kier molecular flexibility index (Phi) is 2.80. The molecule has 3 heteroatoms. The zero-order chi connectivity index (χ0) is 8.97. The minimum atomic E-state index is 0.714. The van der Waals surface area contributed by atoms with E-state index in [2.05, 4.69) is 5.10 Å². The third-order valence-corrected chi connectivity index (χ3v) is 1.56. The summed E-state index contributed by atoms with van der Waals surface area (Å²) in [6.07, 6.45) is 6.30. The third kappa shape index (κ3) is 2.05. The minimum Gasteiger partial charge on any atom is -0.298 e. The molecule has 0 atom stereocenters. The van der Waals surface area contributed by atoms with Crippen LogP contribution in [0, 0.1) is 0 Å². The molecule has 0 aliphatic heterocycles. The summed E-state index contributed by atoms with van der Waals surface area (Å²) in [4.78, 5) is 10.3. The fourth-order valence-electron chi connectivity index (χ4n) is 0.924. The van der Waals surface area contributed by atoms with Gasteiger partial charge < -0.3 is 0 Å². The van der Waals surface area contributed by atoms with E-state index in [0.717, 1.165) is 18.4 Å². The molecule has 0 fully saturated rings. The maximum atomic E-state index is 10.3. The van der Waals surface area contributed by atoms with Gasteiger partial charge in [0.25, 0.3) is 0 Å². The van der Waals surface area contributed by atoms with Crippen molar-refractivity contribution in [3.8, 4) is 0 Å². The van der Waals surface area contributed by atoms with Gasteiger partial charge in [0.1, 0.15) is 6.29 Å². The number of aromatic nitrogens is 2. The molecule has 3 nitrogen and oxygen atoms in total. The molecule has 1 aromatic heterocycles. The van der Waals surface area contributed by atoms with E-state index >= 15 is 0 Å². The van der Waals surface area contributed by atoms with Crippen molar-refractivity contribution in [3.05, 3.63) is 23.5 Å². The van der Waals surface area contributed by atoms with Gasteiger partial charge >= 0.3 is 0 Å². The Morgan fingerprint density at radius 1 is 1.75 bits per heavy atom. The zero-order valence-electron chi connectivity index (χ0n) is 7.32. The van der Waals surface area contributed by atoms with Crippen molar-refractivity contribution in [3.63, 3.8) is 0 Å². The number of allylic oxidation sites excluding steroid dienone is 1. The fourth-order valence-corrected chi connectivity index (χ4v) is 0.924. The van der Waals surface area contributed by atoms with E-state index in [1.54, 1.807) is 13.1 Å². The van der Waals surface area contributed by atoms with Crippen molar-refractivity contribution >= 4 is 12.4 Å². The second-order valence-electron chi connectivity index (χ2n) is 2.64. The lowest BCUT2D eigenvalue weighted by molar-refractivity contribution is -0.104. The van der Waals surface area contributed by atoms with Crippen molar-refractivity contribution in [1.29, 1.82) is 0 Å². The van der Waals surface area contributed by atoms with E-state index in [0.29, 0.717) is 5.57 Å². The number of rotatable bonds is 3. The number of nitrogens with zero attached hydrogens (tertiary/aromatic N) is 2. The molecular weight excluding hydrogens is 152 g/mol. The van der Waals surface area contributed by atoms with E-state index in [1.807, 2.05) is 23.9 Å². The second kappa shape index (κ2) is 3.85. The van der Waals surface area contributed by atoms with Crippen LogP contribution in [0.3, 0.4) is 0 Å². The molecule has 0 N–H and O–H groups in total. The van der Waals surface area contributed by atoms with E-state index in [1.165, 1.54) is 0 Å². The highest BCUT2D eigenvalue weighted by molar-refractivity contribution is 5.80. The number of carbonyl (C=O) groups excluding carboxylic acids is 1. The van der Waals surface area contributed by atoms with Gasteiger partial charge in [-0.3, -0.25) is 9.48 Å². The summed E-state index contributed by atoms with van der Waals surface area (Å²) >= 11 is 0. The molecule has 64 valence electrons. The lowest BCUT2D eigenvalue weighted by atomic mass is 10.2. The highest BCUT2D eigenvalue weighted by Gasteiger charge is 1.93. The van der Waals surface area contributed by atoms with Gasteiger partial charge in [-0.2, -0.15) is 5.10 Å². The Bertz CT molecular complexity index is 299. The molecule has 0 aliphatic rings. The zero-order valence-corrected chi connectivity index (χ0v) is 7.32. The van der Waals surface area contributed by atoms with Gasteiger partial charge in [0, 0.05) is 18.3 Å². The summed E-state index contributed by atoms with van der Waals surface area (Å²) < 4.78 is 1.82. The van der Waals surface area contributed by atoms with E-state index in [-0.39, 0.29) is 0 Å². The standard InChI is InChI=1S/C9H12N2O/c1-3-11-6-9(5-10-11)4-8(2)7-12/h4-7H,3H2,1-2H3/b8-4-. The number of hydrogen-bond donors (Lipinski definition) is 0. The molecule has 0 unspecified atom stereocenters. The predicted molar refractivity (Wildman–Crippen MR) is 47.6 cm³/mol. The molecule has 1 aromatic rings. The third-order valence-electron chi connectivity index (χ3n) is 1.56. The van der Waals surface area contributed by atoms with Crippen molar-refractivity contribution < 1.29 is 4.79 Å². The summed E-state index contributed by atoms with van der Waals surface area (Å²) in [7, 11) is 0. The molecule has 12 heavy (non-hydrogen) atoms. The van der Waals surface area contributed by atoms with Crippen LogP contribution in [-0.4, -0.2) is 16.1 Å². The van der Waals surface area contributed by atoms with Crippen LogP contribution in [0.2, 0.25) is 0 Å². The summed E-state index contributed by atoms with van der Waals surface area (Å²) in [5, 5.41) is 4.08. The van der Waals surface area contributed by atoms with Gasteiger partial charge in [0.15, 0.2) is 0 Å². The number of carbonyl (C=O) groups is 1. The Morgan fingerprint density at radius 2 is 2.50 bits per heavy atom. The minimum absolute atomic E-state index is 0.714. The smallest absolute Gasteiger partial charge is 0.145 e. The molecule has 0 spiro atoms. The van der Waals surface area contributed by atoms with Crippen molar-refractivity contribution in [2.75, 3.05) is 0 Å². The molecule has 0 aromatic carbocycles. The van der Waals surface area contributed by atoms with Crippen LogP contribution in [0.25, 0.3) is 6.08 Å². The van der Waals surface area contributed by atoms with Crippen LogP contribution >= 0.6 is 0 Å². The Labute approximate surface area is 71.7 Å². The summed E-state index contributed by atoms with van der Waals surface area (Å²) in [6, 6.07) is 0. The maximum absolute atomic E-state index is 10.3. The number of aryl methyl sites for hydroxylation is 1. The Hall–Kier alpha value is -1.38. The normalized spacial score (nSPS) is 11.7. The van der Waals surface area contributed by atoms with E-state index in [9.17, 15) is 4.79 Å². The molecule has 1 rings (SSSR count). The predicted octanol–water partition coefficient (Wildman–Crippen LogP) is 1.51. The van der Waals surface area contributed by atoms with Crippen molar-refractivity contribution in [2.45, 2.75) is 20.4 Å². The molecule has 0 saturated carbocycles. The summed E-state index contributed by atoms with van der Waals surface area (Å²) in [5.41, 5.74) is 1.69. The first-order valence-corrected chi connectivity index (χ1v) is 3.92. The Morgan fingerprint density at radius 3 is 3.00 bits per heavy atom. The van der Waals surface area contributed by atoms with Gasteiger partial charge in [-0.05, 0) is 25.5 Å². The SMILES string of the molecule is CCn1cc(/C=C(/C)C=O)cn1. The van der Waals surface area contributed by atoms with Gasteiger partial charge in [0.05, 0.1) is 6.20 Å². The van der Waals surface area contributed by atoms with Crippen LogP contribution in [0.5, 0.6) is 0 Å².